The van der Waals surface area contributed by atoms with Gasteiger partial charge in [-0.3, -0.25) is 14.5 Å². The molecule has 0 N–H and O–H groups in total. The third kappa shape index (κ3) is 5.65. The SMILES string of the molecule is COc1cccc(C(=O)N2CCN(CCN(CC3=CCC4CC3C4(C)C)C(=O)Cc3ccccc3)CC2)c1. The van der Waals surface area contributed by atoms with Gasteiger partial charge in [0.25, 0.3) is 5.91 Å². The van der Waals surface area contributed by atoms with Gasteiger partial charge in [0.2, 0.25) is 5.91 Å². The Hall–Kier alpha value is -3.12. The maximum Gasteiger partial charge on any atom is 0.254 e. The summed E-state index contributed by atoms with van der Waals surface area (Å²) in [6.07, 6.45) is 5.26. The number of amides is 2. The van der Waals surface area contributed by atoms with Crippen molar-refractivity contribution in [3.05, 3.63) is 77.4 Å². The number of benzene rings is 2. The van der Waals surface area contributed by atoms with Crippen molar-refractivity contribution in [2.45, 2.75) is 33.1 Å². The fourth-order valence-electron chi connectivity index (χ4n) is 6.43. The van der Waals surface area contributed by atoms with Crippen LogP contribution in [-0.4, -0.2) is 79.4 Å². The molecule has 1 aliphatic heterocycles. The quantitative estimate of drug-likeness (QED) is 0.461. The topological polar surface area (TPSA) is 53.1 Å². The Kier molecular flexibility index (Phi) is 7.89. The number of hydrogen-bond donors (Lipinski definition) is 0. The normalized spacial score (nSPS) is 22.3. The minimum atomic E-state index is 0.0499. The monoisotopic (exact) mass is 515 g/mol. The summed E-state index contributed by atoms with van der Waals surface area (Å²) in [6, 6.07) is 17.4. The van der Waals surface area contributed by atoms with Crippen LogP contribution in [0.2, 0.25) is 0 Å². The van der Waals surface area contributed by atoms with Crippen LogP contribution in [0.15, 0.2) is 66.2 Å². The molecule has 2 unspecified atom stereocenters. The average Bonchev–Trinajstić information content (AvgIpc) is 2.95. The molecular formula is C32H41N3O3. The highest BCUT2D eigenvalue weighted by Crippen LogP contribution is 2.59. The largest absolute Gasteiger partial charge is 0.497 e. The second-order valence-corrected chi connectivity index (χ2v) is 11.7. The Bertz CT molecular complexity index is 1170. The van der Waals surface area contributed by atoms with E-state index in [-0.39, 0.29) is 11.8 Å². The van der Waals surface area contributed by atoms with Crippen LogP contribution < -0.4 is 4.74 Å². The van der Waals surface area contributed by atoms with Gasteiger partial charge in [0.1, 0.15) is 5.75 Å². The van der Waals surface area contributed by atoms with E-state index in [1.807, 2.05) is 53.4 Å². The zero-order valence-corrected chi connectivity index (χ0v) is 23.1. The van der Waals surface area contributed by atoms with Crippen LogP contribution in [0.25, 0.3) is 0 Å². The minimum absolute atomic E-state index is 0.0499. The first kappa shape index (κ1) is 26.5. The summed E-state index contributed by atoms with van der Waals surface area (Å²) in [6.45, 7) is 10.1. The van der Waals surface area contributed by atoms with E-state index in [9.17, 15) is 9.59 Å². The van der Waals surface area contributed by atoms with Crippen molar-refractivity contribution in [1.82, 2.24) is 14.7 Å². The molecular weight excluding hydrogens is 474 g/mol. The zero-order valence-electron chi connectivity index (χ0n) is 23.1. The van der Waals surface area contributed by atoms with Crippen LogP contribution in [0, 0.1) is 17.3 Å². The lowest BCUT2D eigenvalue weighted by Crippen LogP contribution is -2.52. The highest BCUT2D eigenvalue weighted by atomic mass is 16.5. The van der Waals surface area contributed by atoms with Crippen LogP contribution in [0.3, 0.4) is 0 Å². The number of methoxy groups -OCH3 is 1. The lowest BCUT2D eigenvalue weighted by molar-refractivity contribution is -0.130. The van der Waals surface area contributed by atoms with Crippen molar-refractivity contribution >= 4 is 11.8 Å². The molecule has 4 aliphatic rings. The van der Waals surface area contributed by atoms with E-state index in [1.54, 1.807) is 13.2 Å². The predicted molar refractivity (Wildman–Crippen MR) is 150 cm³/mol. The fourth-order valence-corrected chi connectivity index (χ4v) is 6.43. The second kappa shape index (κ2) is 11.3. The summed E-state index contributed by atoms with van der Waals surface area (Å²) < 4.78 is 5.28. The molecule has 0 aromatic heterocycles. The maximum atomic E-state index is 13.5. The smallest absolute Gasteiger partial charge is 0.254 e. The van der Waals surface area contributed by atoms with Gasteiger partial charge in [-0.1, -0.05) is 61.9 Å². The van der Waals surface area contributed by atoms with Crippen LogP contribution in [-0.2, 0) is 11.2 Å². The van der Waals surface area contributed by atoms with Gasteiger partial charge in [-0.25, -0.2) is 0 Å². The van der Waals surface area contributed by atoms with Gasteiger partial charge in [-0.15, -0.1) is 0 Å². The Morgan fingerprint density at radius 2 is 1.79 bits per heavy atom. The first-order valence-electron chi connectivity index (χ1n) is 14.0. The van der Waals surface area contributed by atoms with E-state index >= 15 is 0 Å². The Morgan fingerprint density at radius 1 is 1.03 bits per heavy atom. The molecule has 0 spiro atoms. The number of rotatable bonds is 9. The van der Waals surface area contributed by atoms with E-state index in [4.69, 9.17) is 4.74 Å². The van der Waals surface area contributed by atoms with E-state index in [0.717, 1.165) is 44.1 Å². The van der Waals surface area contributed by atoms with Crippen molar-refractivity contribution in [3.8, 4) is 5.75 Å². The van der Waals surface area contributed by atoms with Crippen LogP contribution in [0.4, 0.5) is 0 Å². The summed E-state index contributed by atoms with van der Waals surface area (Å²) >= 11 is 0. The molecule has 6 heteroatoms. The molecule has 6 rings (SSSR count). The first-order chi connectivity index (χ1) is 18.3. The number of carbonyl (C=O) groups excluding carboxylic acids is 2. The van der Waals surface area contributed by atoms with E-state index < -0.39 is 0 Å². The van der Waals surface area contributed by atoms with Crippen molar-refractivity contribution in [1.29, 1.82) is 0 Å². The predicted octanol–water partition coefficient (Wildman–Crippen LogP) is 4.52. The van der Waals surface area contributed by atoms with Gasteiger partial charge >= 0.3 is 0 Å². The number of allylic oxidation sites excluding steroid dienone is 1. The molecule has 2 aromatic carbocycles. The van der Waals surface area contributed by atoms with Crippen molar-refractivity contribution in [3.63, 3.8) is 0 Å². The molecule has 2 fully saturated rings. The Balaban J connectivity index is 1.19. The summed E-state index contributed by atoms with van der Waals surface area (Å²) in [4.78, 5) is 32.9. The van der Waals surface area contributed by atoms with Gasteiger partial charge in [0, 0.05) is 51.4 Å². The third-order valence-corrected chi connectivity index (χ3v) is 9.17. The summed E-state index contributed by atoms with van der Waals surface area (Å²) in [5.74, 6) is 2.33. The van der Waals surface area contributed by atoms with E-state index in [2.05, 4.69) is 29.7 Å². The highest BCUT2D eigenvalue weighted by Gasteiger charge is 2.51. The molecule has 6 nitrogen and oxygen atoms in total. The van der Waals surface area contributed by atoms with Gasteiger partial charge in [-0.05, 0) is 53.9 Å². The molecule has 2 atom stereocenters. The lowest BCUT2D eigenvalue weighted by atomic mass is 9.49. The number of fused-ring (bicyclic) bond motifs is 1. The molecule has 3 aliphatic carbocycles. The van der Waals surface area contributed by atoms with Gasteiger partial charge < -0.3 is 14.5 Å². The molecule has 1 saturated heterocycles. The number of piperazine rings is 1. The number of nitrogens with zero attached hydrogens (tertiary/aromatic N) is 3. The summed E-state index contributed by atoms with van der Waals surface area (Å²) in [5, 5.41) is 0. The Morgan fingerprint density at radius 3 is 2.47 bits per heavy atom. The summed E-state index contributed by atoms with van der Waals surface area (Å²) in [5.41, 5.74) is 3.53. The minimum Gasteiger partial charge on any atom is -0.497 e. The van der Waals surface area contributed by atoms with Gasteiger partial charge in [-0.2, -0.15) is 0 Å². The molecule has 2 aromatic rings. The number of carbonyl (C=O) groups is 2. The first-order valence-corrected chi connectivity index (χ1v) is 14.0. The molecule has 1 heterocycles. The van der Waals surface area contributed by atoms with Gasteiger partial charge in [0.05, 0.1) is 13.5 Å². The van der Waals surface area contributed by atoms with Crippen molar-refractivity contribution < 1.29 is 14.3 Å². The zero-order chi connectivity index (χ0) is 26.7. The van der Waals surface area contributed by atoms with Gasteiger partial charge in [0.15, 0.2) is 0 Å². The molecule has 202 valence electrons. The van der Waals surface area contributed by atoms with E-state index in [1.165, 1.54) is 12.0 Å². The van der Waals surface area contributed by atoms with Crippen LogP contribution >= 0.6 is 0 Å². The van der Waals surface area contributed by atoms with E-state index in [0.29, 0.717) is 48.7 Å². The molecule has 2 amide bonds. The molecule has 1 saturated carbocycles. The summed E-state index contributed by atoms with van der Waals surface area (Å²) in [7, 11) is 1.62. The van der Waals surface area contributed by atoms with Crippen LogP contribution in [0.5, 0.6) is 5.75 Å². The second-order valence-electron chi connectivity index (χ2n) is 11.7. The van der Waals surface area contributed by atoms with Crippen molar-refractivity contribution in [2.75, 3.05) is 52.9 Å². The standard InChI is InChI=1S/C32H41N3O3/c1-32(2)27-13-12-26(29(32)22-27)23-35(30(36)20-24-8-5-4-6-9-24)19-16-33-14-17-34(18-15-33)31(37)25-10-7-11-28(21-25)38-3/h4-12,21,27,29H,13-20,22-23H2,1-3H3. The fraction of sp³-hybridized carbons (Fsp3) is 0.500. The number of hydrogen-bond acceptors (Lipinski definition) is 4. The average molecular weight is 516 g/mol. The van der Waals surface area contributed by atoms with Crippen molar-refractivity contribution in [2.24, 2.45) is 17.3 Å². The Labute approximate surface area is 227 Å². The maximum absolute atomic E-state index is 13.5. The van der Waals surface area contributed by atoms with Crippen LogP contribution in [0.1, 0.15) is 42.6 Å². The molecule has 0 radical (unpaired) electrons. The highest BCUT2D eigenvalue weighted by molar-refractivity contribution is 5.94. The molecule has 38 heavy (non-hydrogen) atoms. The lowest BCUT2D eigenvalue weighted by Gasteiger charge is -2.57. The third-order valence-electron chi connectivity index (χ3n) is 9.17. The molecule has 2 bridgehead atoms. The number of ether oxygens (including phenoxy) is 1.